The number of aromatic nitrogens is 1. The lowest BCUT2D eigenvalue weighted by molar-refractivity contribution is -0.131. The first-order valence-corrected chi connectivity index (χ1v) is 12.0. The fourth-order valence-electron chi connectivity index (χ4n) is 4.60. The van der Waals surface area contributed by atoms with Gasteiger partial charge in [0.1, 0.15) is 5.75 Å². The third-order valence-electron chi connectivity index (χ3n) is 6.44. The first-order chi connectivity index (χ1) is 16.2. The van der Waals surface area contributed by atoms with Gasteiger partial charge in [0.25, 0.3) is 0 Å². The molecule has 184 valence electrons. The summed E-state index contributed by atoms with van der Waals surface area (Å²) >= 11 is 0. The highest BCUT2D eigenvalue weighted by Gasteiger charge is 2.33. The second kappa shape index (κ2) is 11.3. The van der Waals surface area contributed by atoms with Crippen molar-refractivity contribution in [1.29, 1.82) is 0 Å². The lowest BCUT2D eigenvalue weighted by atomic mass is 9.89. The Balaban J connectivity index is 1.75. The SMILES string of the molecule is CCC(=O)[C@H](C[C@@H]1CCNC1=O)NC(=O)C(CC(=O)c1cc2c(OC)cccc2[nH]1)CC(C)C. The number of ketones is 2. The first kappa shape index (κ1) is 25.5. The van der Waals surface area contributed by atoms with Crippen molar-refractivity contribution in [2.45, 2.75) is 58.9 Å². The second-order valence-corrected chi connectivity index (χ2v) is 9.45. The third kappa shape index (κ3) is 6.04. The highest BCUT2D eigenvalue weighted by molar-refractivity contribution is 6.02. The number of carbonyl (C=O) groups excluding carboxylic acids is 4. The molecule has 2 amide bonds. The summed E-state index contributed by atoms with van der Waals surface area (Å²) in [5, 5.41) is 6.46. The third-order valence-corrected chi connectivity index (χ3v) is 6.44. The number of Topliss-reactive ketones (excluding diaryl/α,β-unsaturated/α-hetero) is 2. The fraction of sp³-hybridized carbons (Fsp3) is 0.538. The molecule has 0 bridgehead atoms. The molecule has 8 heteroatoms. The average Bonchev–Trinajstić information content (AvgIpc) is 3.43. The zero-order valence-corrected chi connectivity index (χ0v) is 20.4. The molecular weight excluding hydrogens is 434 g/mol. The van der Waals surface area contributed by atoms with Crippen molar-refractivity contribution in [3.05, 3.63) is 30.0 Å². The normalized spacial score (nSPS) is 17.4. The summed E-state index contributed by atoms with van der Waals surface area (Å²) in [6, 6.07) is 6.56. The zero-order valence-electron chi connectivity index (χ0n) is 20.4. The van der Waals surface area contributed by atoms with Gasteiger partial charge in [-0.25, -0.2) is 0 Å². The maximum atomic E-state index is 13.3. The first-order valence-electron chi connectivity index (χ1n) is 12.0. The number of amides is 2. The molecule has 1 aromatic carbocycles. The minimum absolute atomic E-state index is 0.0239. The van der Waals surface area contributed by atoms with Crippen LogP contribution in [0.5, 0.6) is 5.75 Å². The molecule has 1 saturated heterocycles. The minimum Gasteiger partial charge on any atom is -0.496 e. The average molecular weight is 470 g/mol. The van der Waals surface area contributed by atoms with Crippen LogP contribution >= 0.6 is 0 Å². The smallest absolute Gasteiger partial charge is 0.224 e. The van der Waals surface area contributed by atoms with Crippen molar-refractivity contribution in [3.8, 4) is 5.75 Å². The number of rotatable bonds is 12. The summed E-state index contributed by atoms with van der Waals surface area (Å²) in [6.45, 7) is 6.33. The lowest BCUT2D eigenvalue weighted by Crippen LogP contribution is -2.45. The molecule has 0 saturated carbocycles. The van der Waals surface area contributed by atoms with Gasteiger partial charge in [-0.3, -0.25) is 19.2 Å². The monoisotopic (exact) mass is 469 g/mol. The van der Waals surface area contributed by atoms with Gasteiger partial charge in [-0.2, -0.15) is 0 Å². The van der Waals surface area contributed by atoms with E-state index >= 15 is 0 Å². The predicted molar refractivity (Wildman–Crippen MR) is 130 cm³/mol. The number of ether oxygens (including phenoxy) is 1. The molecule has 1 aliphatic rings. The number of hydrogen-bond donors (Lipinski definition) is 3. The molecule has 0 aliphatic carbocycles. The molecule has 1 fully saturated rings. The largest absolute Gasteiger partial charge is 0.496 e. The highest BCUT2D eigenvalue weighted by atomic mass is 16.5. The maximum Gasteiger partial charge on any atom is 0.224 e. The molecule has 1 unspecified atom stereocenters. The van der Waals surface area contributed by atoms with Crippen molar-refractivity contribution in [3.63, 3.8) is 0 Å². The van der Waals surface area contributed by atoms with Gasteiger partial charge in [0.05, 0.1) is 18.8 Å². The standard InChI is InChI=1S/C26H35N3O5/c1-5-22(30)20(12-16-9-10-27-25(16)32)29-26(33)17(11-15(2)3)13-23(31)21-14-18-19(28-21)7-6-8-24(18)34-4/h6-8,14-17,20,28H,5,9-13H2,1-4H3,(H,27,32)(H,29,33)/t16-,17?,20-/m0/s1. The van der Waals surface area contributed by atoms with Crippen molar-refractivity contribution < 1.29 is 23.9 Å². The second-order valence-electron chi connectivity index (χ2n) is 9.45. The molecule has 8 nitrogen and oxygen atoms in total. The Bertz CT molecular complexity index is 1060. The van der Waals surface area contributed by atoms with Crippen molar-refractivity contribution in [2.24, 2.45) is 17.8 Å². The van der Waals surface area contributed by atoms with Gasteiger partial charge in [-0.05, 0) is 43.4 Å². The number of benzene rings is 1. The number of nitrogens with one attached hydrogen (secondary N) is 3. The van der Waals surface area contributed by atoms with E-state index in [0.29, 0.717) is 30.8 Å². The van der Waals surface area contributed by atoms with Gasteiger partial charge >= 0.3 is 0 Å². The zero-order chi connectivity index (χ0) is 24.8. The fourth-order valence-corrected chi connectivity index (χ4v) is 4.60. The summed E-state index contributed by atoms with van der Waals surface area (Å²) in [5.74, 6) is -0.684. The van der Waals surface area contributed by atoms with Crippen LogP contribution < -0.4 is 15.4 Å². The van der Waals surface area contributed by atoms with Gasteiger partial charge in [0.2, 0.25) is 11.8 Å². The van der Waals surface area contributed by atoms with Crippen molar-refractivity contribution >= 4 is 34.3 Å². The molecule has 2 heterocycles. The Morgan fingerprint density at radius 1 is 1.24 bits per heavy atom. The molecule has 3 rings (SSSR count). The van der Waals surface area contributed by atoms with Crippen LogP contribution in [0, 0.1) is 17.8 Å². The Hall–Kier alpha value is -3.16. The topological polar surface area (TPSA) is 117 Å². The van der Waals surface area contributed by atoms with Crippen LogP contribution in [0.2, 0.25) is 0 Å². The van der Waals surface area contributed by atoms with E-state index in [1.54, 1.807) is 20.1 Å². The van der Waals surface area contributed by atoms with Crippen LogP contribution in [0.25, 0.3) is 10.9 Å². The molecule has 0 spiro atoms. The number of hydrogen-bond acceptors (Lipinski definition) is 5. The predicted octanol–water partition coefficient (Wildman–Crippen LogP) is 3.40. The summed E-state index contributed by atoms with van der Waals surface area (Å²) in [4.78, 5) is 54.1. The number of carbonyl (C=O) groups is 4. The van der Waals surface area contributed by atoms with Gasteiger partial charge in [-0.1, -0.05) is 26.8 Å². The summed E-state index contributed by atoms with van der Waals surface area (Å²) in [5.41, 5.74) is 1.21. The van der Waals surface area contributed by atoms with E-state index in [9.17, 15) is 19.2 Å². The van der Waals surface area contributed by atoms with Crippen LogP contribution in [-0.2, 0) is 14.4 Å². The molecule has 3 atom stereocenters. The number of fused-ring (bicyclic) bond motifs is 1. The van der Waals surface area contributed by atoms with E-state index in [4.69, 9.17) is 4.74 Å². The van der Waals surface area contributed by atoms with Gasteiger partial charge < -0.3 is 20.4 Å². The van der Waals surface area contributed by atoms with E-state index in [2.05, 4.69) is 15.6 Å². The lowest BCUT2D eigenvalue weighted by Gasteiger charge is -2.24. The van der Waals surface area contributed by atoms with Crippen LogP contribution in [0.1, 0.15) is 63.4 Å². The molecule has 1 aromatic heterocycles. The van der Waals surface area contributed by atoms with Gasteiger partial charge in [-0.15, -0.1) is 0 Å². The van der Waals surface area contributed by atoms with E-state index in [0.717, 1.165) is 10.9 Å². The molecular formula is C26H35N3O5. The number of H-pyrrole nitrogens is 1. The van der Waals surface area contributed by atoms with Crippen LogP contribution in [0.4, 0.5) is 0 Å². The summed E-state index contributed by atoms with van der Waals surface area (Å²) in [6.07, 6.45) is 1.74. The Morgan fingerprint density at radius 3 is 2.62 bits per heavy atom. The maximum absolute atomic E-state index is 13.3. The van der Waals surface area contributed by atoms with Crippen molar-refractivity contribution in [2.75, 3.05) is 13.7 Å². The highest BCUT2D eigenvalue weighted by Crippen LogP contribution is 2.28. The molecule has 3 N–H and O–H groups in total. The summed E-state index contributed by atoms with van der Waals surface area (Å²) in [7, 11) is 1.58. The number of aromatic amines is 1. The van der Waals surface area contributed by atoms with E-state index in [-0.39, 0.29) is 54.5 Å². The minimum atomic E-state index is -0.728. The van der Waals surface area contributed by atoms with Crippen LogP contribution in [0.3, 0.4) is 0 Å². The quantitative estimate of drug-likeness (QED) is 0.412. The Morgan fingerprint density at radius 2 is 2.00 bits per heavy atom. The van der Waals surface area contributed by atoms with Gasteiger partial charge in [0, 0.05) is 42.1 Å². The molecule has 34 heavy (non-hydrogen) atoms. The van der Waals surface area contributed by atoms with Crippen molar-refractivity contribution in [1.82, 2.24) is 15.6 Å². The van der Waals surface area contributed by atoms with Gasteiger partial charge in [0.15, 0.2) is 11.6 Å². The van der Waals surface area contributed by atoms with E-state index in [1.165, 1.54) is 0 Å². The molecule has 1 aliphatic heterocycles. The molecule has 0 radical (unpaired) electrons. The van der Waals surface area contributed by atoms with Crippen LogP contribution in [0.15, 0.2) is 24.3 Å². The Kier molecular flexibility index (Phi) is 8.47. The van der Waals surface area contributed by atoms with E-state index < -0.39 is 12.0 Å². The van der Waals surface area contributed by atoms with E-state index in [1.807, 2.05) is 32.0 Å². The summed E-state index contributed by atoms with van der Waals surface area (Å²) < 4.78 is 5.38. The number of methoxy groups -OCH3 is 1. The molecule has 2 aromatic rings. The Labute approximate surface area is 200 Å². The van der Waals surface area contributed by atoms with Crippen LogP contribution in [-0.4, -0.2) is 48.1 Å².